The van der Waals surface area contributed by atoms with Gasteiger partial charge in [-0.2, -0.15) is 0 Å². The van der Waals surface area contributed by atoms with E-state index in [1.165, 1.54) is 18.6 Å². The summed E-state index contributed by atoms with van der Waals surface area (Å²) in [7, 11) is 0.524. The quantitative estimate of drug-likeness (QED) is 0.612. The predicted molar refractivity (Wildman–Crippen MR) is 98.7 cm³/mol. The number of rotatable bonds is 6. The predicted octanol–water partition coefficient (Wildman–Crippen LogP) is 2.92. The fraction of sp³-hybridized carbons (Fsp3) is 0.647. The zero-order valence-corrected chi connectivity index (χ0v) is 16.1. The van der Waals surface area contributed by atoms with Gasteiger partial charge in [0.25, 0.3) is 5.69 Å². The third-order valence-corrected chi connectivity index (χ3v) is 6.34. The summed E-state index contributed by atoms with van der Waals surface area (Å²) in [5, 5.41) is 14.2. The summed E-state index contributed by atoms with van der Waals surface area (Å²) in [4.78, 5) is 12.6. The van der Waals surface area contributed by atoms with Crippen LogP contribution in [-0.2, 0) is 9.84 Å². The van der Waals surface area contributed by atoms with Crippen LogP contribution in [0.1, 0.15) is 32.6 Å². The molecular weight excluding hydrogens is 342 g/mol. The van der Waals surface area contributed by atoms with Gasteiger partial charge in [-0.1, -0.05) is 19.8 Å². The number of non-ortho nitro benzene ring substituents is 1. The molecule has 0 radical (unpaired) electrons. The first-order valence-corrected chi connectivity index (χ1v) is 10.3. The maximum absolute atomic E-state index is 12.1. The summed E-state index contributed by atoms with van der Waals surface area (Å²) < 4.78 is 24.1. The van der Waals surface area contributed by atoms with Crippen LogP contribution in [0.25, 0.3) is 0 Å². The number of sulfone groups is 1. The first kappa shape index (κ1) is 19.7. The third kappa shape index (κ3) is 4.49. The van der Waals surface area contributed by atoms with Crippen LogP contribution in [0, 0.1) is 16.0 Å². The van der Waals surface area contributed by atoms with Gasteiger partial charge in [-0.3, -0.25) is 10.1 Å². The lowest BCUT2D eigenvalue weighted by Gasteiger charge is -2.45. The van der Waals surface area contributed by atoms with Gasteiger partial charge in [0.2, 0.25) is 0 Å². The lowest BCUT2D eigenvalue weighted by molar-refractivity contribution is -0.385. The molecule has 0 heterocycles. The van der Waals surface area contributed by atoms with Gasteiger partial charge in [0.05, 0.1) is 15.5 Å². The third-order valence-electron chi connectivity index (χ3n) is 5.20. The fourth-order valence-electron chi connectivity index (χ4n) is 3.69. The Labute approximate surface area is 149 Å². The Hall–Kier alpha value is -1.67. The van der Waals surface area contributed by atoms with Crippen molar-refractivity contribution in [1.82, 2.24) is 4.90 Å². The van der Waals surface area contributed by atoms with Crippen molar-refractivity contribution in [3.05, 3.63) is 28.3 Å². The van der Waals surface area contributed by atoms with Gasteiger partial charge in [0, 0.05) is 30.5 Å². The second-order valence-electron chi connectivity index (χ2n) is 7.38. The van der Waals surface area contributed by atoms with Gasteiger partial charge in [-0.25, -0.2) is 8.42 Å². The molecule has 1 saturated carbocycles. The Kier molecular flexibility index (Phi) is 5.73. The lowest BCUT2D eigenvalue weighted by atomic mass is 9.75. The molecule has 1 N–H and O–H groups in total. The minimum Gasteiger partial charge on any atom is -0.382 e. The van der Waals surface area contributed by atoms with Gasteiger partial charge in [0.15, 0.2) is 9.84 Å². The van der Waals surface area contributed by atoms with E-state index in [1.54, 1.807) is 0 Å². The molecule has 1 aromatic rings. The van der Waals surface area contributed by atoms with E-state index in [0.29, 0.717) is 18.2 Å². The average molecular weight is 369 g/mol. The Morgan fingerprint density at radius 2 is 2.08 bits per heavy atom. The summed E-state index contributed by atoms with van der Waals surface area (Å²) in [5.41, 5.74) is 0.154. The maximum Gasteiger partial charge on any atom is 0.270 e. The maximum atomic E-state index is 12.1. The molecule has 0 aromatic heterocycles. The van der Waals surface area contributed by atoms with Gasteiger partial charge in [-0.05, 0) is 38.9 Å². The summed E-state index contributed by atoms with van der Waals surface area (Å²) >= 11 is 0. The minimum absolute atomic E-state index is 0.0283. The molecule has 2 unspecified atom stereocenters. The van der Waals surface area contributed by atoms with Crippen molar-refractivity contribution in [2.75, 3.05) is 32.2 Å². The summed E-state index contributed by atoms with van der Waals surface area (Å²) in [6.07, 6.45) is 5.50. The van der Waals surface area contributed by atoms with Crippen molar-refractivity contribution in [3.63, 3.8) is 0 Å². The lowest BCUT2D eigenvalue weighted by Crippen LogP contribution is -2.52. The van der Waals surface area contributed by atoms with E-state index in [-0.39, 0.29) is 16.1 Å². The molecule has 1 aliphatic carbocycles. The van der Waals surface area contributed by atoms with Gasteiger partial charge < -0.3 is 10.2 Å². The largest absolute Gasteiger partial charge is 0.382 e. The standard InChI is InChI=1S/C17H27N3O4S/c1-13-6-5-9-17(11-13,19(2)3)12-18-15-8-7-14(20(21)22)10-16(15)25(4,23)24/h7-8,10,13,18H,5-6,9,11-12H2,1-4H3. The Morgan fingerprint density at radius 1 is 1.40 bits per heavy atom. The fourth-order valence-corrected chi connectivity index (χ4v) is 4.57. The zero-order valence-electron chi connectivity index (χ0n) is 15.3. The van der Waals surface area contributed by atoms with Crippen molar-refractivity contribution < 1.29 is 13.3 Å². The van der Waals surface area contributed by atoms with E-state index in [2.05, 4.69) is 17.1 Å². The molecule has 1 aromatic carbocycles. The van der Waals surface area contributed by atoms with Crippen LogP contribution in [0.15, 0.2) is 23.1 Å². The van der Waals surface area contributed by atoms with E-state index in [1.807, 2.05) is 14.1 Å². The molecule has 7 nitrogen and oxygen atoms in total. The summed E-state index contributed by atoms with van der Waals surface area (Å²) in [6, 6.07) is 3.95. The molecule has 2 rings (SSSR count). The number of likely N-dealkylation sites (N-methyl/N-ethyl adjacent to an activating group) is 1. The Morgan fingerprint density at radius 3 is 2.60 bits per heavy atom. The first-order chi connectivity index (χ1) is 11.5. The Bertz CT molecular complexity index is 748. The number of nitrogens with one attached hydrogen (secondary N) is 1. The van der Waals surface area contributed by atoms with E-state index in [9.17, 15) is 18.5 Å². The Balaban J connectivity index is 2.31. The molecule has 0 aliphatic heterocycles. The SMILES string of the molecule is CC1CCCC(CNc2ccc([N+](=O)[O-])cc2S(C)(=O)=O)(N(C)C)C1. The molecule has 0 spiro atoms. The second kappa shape index (κ2) is 7.29. The van der Waals surface area contributed by atoms with Crippen LogP contribution in [0.2, 0.25) is 0 Å². The summed E-state index contributed by atoms with van der Waals surface area (Å²) in [5.74, 6) is 0.615. The molecule has 140 valence electrons. The van der Waals surface area contributed by atoms with Crippen LogP contribution < -0.4 is 5.32 Å². The number of nitrogens with zero attached hydrogens (tertiary/aromatic N) is 2. The first-order valence-electron chi connectivity index (χ1n) is 8.45. The van der Waals surface area contributed by atoms with Crippen molar-refractivity contribution in [1.29, 1.82) is 0 Å². The van der Waals surface area contributed by atoms with Crippen LogP contribution in [0.5, 0.6) is 0 Å². The van der Waals surface area contributed by atoms with Crippen LogP contribution >= 0.6 is 0 Å². The molecule has 2 atom stereocenters. The number of nitro benzene ring substituents is 1. The van der Waals surface area contributed by atoms with Gasteiger partial charge >= 0.3 is 0 Å². The van der Waals surface area contributed by atoms with Crippen LogP contribution in [-0.4, -0.2) is 50.7 Å². The highest BCUT2D eigenvalue weighted by molar-refractivity contribution is 7.90. The normalized spacial score (nSPS) is 24.3. The van der Waals surface area contributed by atoms with Crippen molar-refractivity contribution in [2.24, 2.45) is 5.92 Å². The van der Waals surface area contributed by atoms with Gasteiger partial charge in [0.1, 0.15) is 0 Å². The highest BCUT2D eigenvalue weighted by Crippen LogP contribution is 2.36. The number of benzene rings is 1. The van der Waals surface area contributed by atoms with E-state index in [4.69, 9.17) is 0 Å². The van der Waals surface area contributed by atoms with Crippen LogP contribution in [0.4, 0.5) is 11.4 Å². The highest BCUT2D eigenvalue weighted by atomic mass is 32.2. The van der Waals surface area contributed by atoms with Gasteiger partial charge in [-0.15, -0.1) is 0 Å². The number of hydrogen-bond acceptors (Lipinski definition) is 6. The average Bonchev–Trinajstić information content (AvgIpc) is 2.51. The van der Waals surface area contributed by atoms with E-state index >= 15 is 0 Å². The molecule has 0 bridgehead atoms. The molecule has 0 saturated heterocycles. The zero-order chi connectivity index (χ0) is 18.8. The summed E-state index contributed by atoms with van der Waals surface area (Å²) in [6.45, 7) is 2.84. The van der Waals surface area contributed by atoms with E-state index < -0.39 is 14.8 Å². The molecule has 0 amide bonds. The van der Waals surface area contributed by atoms with Crippen molar-refractivity contribution >= 4 is 21.2 Å². The molecule has 1 aliphatic rings. The topological polar surface area (TPSA) is 92.5 Å². The van der Waals surface area contributed by atoms with Crippen LogP contribution in [0.3, 0.4) is 0 Å². The monoisotopic (exact) mass is 369 g/mol. The molecule has 8 heteroatoms. The number of anilines is 1. The van der Waals surface area contributed by atoms with E-state index in [0.717, 1.165) is 31.6 Å². The minimum atomic E-state index is -3.57. The highest BCUT2D eigenvalue weighted by Gasteiger charge is 2.37. The number of hydrogen-bond donors (Lipinski definition) is 1. The number of nitro groups is 1. The molecule has 1 fully saturated rings. The molecular formula is C17H27N3O4S. The van der Waals surface area contributed by atoms with Crippen molar-refractivity contribution in [2.45, 2.75) is 43.0 Å². The van der Waals surface area contributed by atoms with Crippen molar-refractivity contribution in [3.8, 4) is 0 Å². The smallest absolute Gasteiger partial charge is 0.270 e. The molecule has 25 heavy (non-hydrogen) atoms. The second-order valence-corrected chi connectivity index (χ2v) is 9.37.